The molecule has 0 aromatic carbocycles. The van der Waals surface area contributed by atoms with Crippen LogP contribution in [0, 0.1) is 17.8 Å². The van der Waals surface area contributed by atoms with Gasteiger partial charge < -0.3 is 9.84 Å². The fourth-order valence-electron chi connectivity index (χ4n) is 2.70. The van der Waals surface area contributed by atoms with E-state index in [-0.39, 0.29) is 12.0 Å². The molecule has 0 radical (unpaired) electrons. The van der Waals surface area contributed by atoms with E-state index in [2.05, 4.69) is 39.5 Å². The van der Waals surface area contributed by atoms with Crippen molar-refractivity contribution in [2.24, 2.45) is 17.8 Å². The molecular weight excluding hydrogens is 236 g/mol. The lowest BCUT2D eigenvalue weighted by Gasteiger charge is -2.26. The van der Waals surface area contributed by atoms with Gasteiger partial charge in [-0.1, -0.05) is 39.5 Å². The molecule has 0 spiro atoms. The number of hydrogen-bond donors (Lipinski definition) is 1. The van der Waals surface area contributed by atoms with Crippen LogP contribution in [-0.2, 0) is 4.74 Å². The predicted molar refractivity (Wildman–Crippen MR) is 80.8 cm³/mol. The number of rotatable bonds is 0. The van der Waals surface area contributed by atoms with Gasteiger partial charge in [0.05, 0.1) is 18.5 Å². The summed E-state index contributed by atoms with van der Waals surface area (Å²) in [4.78, 5) is 0. The molecule has 0 aromatic rings. The summed E-state index contributed by atoms with van der Waals surface area (Å²) in [5.41, 5.74) is 0. The van der Waals surface area contributed by atoms with Gasteiger partial charge in [-0.25, -0.2) is 0 Å². The van der Waals surface area contributed by atoms with Gasteiger partial charge >= 0.3 is 0 Å². The SMILES string of the molecule is C=C1CCCC/C=C/[C@H](C)[C@@H](O)[C@H](C)CC(C)CO1. The molecule has 0 fully saturated rings. The van der Waals surface area contributed by atoms with Gasteiger partial charge in [-0.2, -0.15) is 0 Å². The van der Waals surface area contributed by atoms with E-state index in [1.165, 1.54) is 0 Å². The van der Waals surface area contributed by atoms with Crippen molar-refractivity contribution in [3.63, 3.8) is 0 Å². The van der Waals surface area contributed by atoms with Crippen molar-refractivity contribution < 1.29 is 9.84 Å². The smallest absolute Gasteiger partial charge is 0.0902 e. The van der Waals surface area contributed by atoms with Gasteiger partial charge in [-0.05, 0) is 37.5 Å². The Labute approximate surface area is 118 Å². The first kappa shape index (κ1) is 16.3. The third kappa shape index (κ3) is 6.29. The summed E-state index contributed by atoms with van der Waals surface area (Å²) < 4.78 is 5.72. The Morgan fingerprint density at radius 2 is 2.00 bits per heavy atom. The van der Waals surface area contributed by atoms with Gasteiger partial charge in [0.2, 0.25) is 0 Å². The molecule has 1 aliphatic heterocycles. The van der Waals surface area contributed by atoms with Crippen molar-refractivity contribution in [3.05, 3.63) is 24.5 Å². The lowest BCUT2D eigenvalue weighted by molar-refractivity contribution is 0.0611. The standard InChI is InChI=1S/C17H30O2/c1-13-11-15(3)17(18)14(2)9-7-5-6-8-10-16(4)19-12-13/h7,9,13-15,17-18H,4-6,8,10-12H2,1-3H3/b9-7+/t13?,14-,15+,17+/m0/s1. The van der Waals surface area contributed by atoms with E-state index < -0.39 is 0 Å². The van der Waals surface area contributed by atoms with Crippen LogP contribution in [0.4, 0.5) is 0 Å². The van der Waals surface area contributed by atoms with Crippen molar-refractivity contribution in [1.82, 2.24) is 0 Å². The van der Waals surface area contributed by atoms with E-state index in [9.17, 15) is 5.11 Å². The maximum Gasteiger partial charge on any atom is 0.0902 e. The monoisotopic (exact) mass is 266 g/mol. The highest BCUT2D eigenvalue weighted by atomic mass is 16.5. The molecule has 0 bridgehead atoms. The number of aliphatic hydroxyl groups excluding tert-OH is 1. The lowest BCUT2D eigenvalue weighted by atomic mass is 9.86. The minimum atomic E-state index is -0.259. The first-order valence-corrected chi connectivity index (χ1v) is 7.66. The summed E-state index contributed by atoms with van der Waals surface area (Å²) in [6.07, 6.45) is 9.45. The quantitative estimate of drug-likeness (QED) is 0.662. The average Bonchev–Trinajstić information content (AvgIpc) is 2.38. The normalized spacial score (nSPS) is 37.2. The second-order valence-electron chi connectivity index (χ2n) is 6.19. The van der Waals surface area contributed by atoms with Crippen LogP contribution < -0.4 is 0 Å². The molecule has 1 N–H and O–H groups in total. The van der Waals surface area contributed by atoms with Crippen molar-refractivity contribution in [1.29, 1.82) is 0 Å². The number of allylic oxidation sites excluding steroid dienone is 2. The molecular formula is C17H30O2. The summed E-state index contributed by atoms with van der Waals surface area (Å²) >= 11 is 0. The van der Waals surface area contributed by atoms with Gasteiger partial charge in [0, 0.05) is 12.3 Å². The van der Waals surface area contributed by atoms with Crippen LogP contribution in [-0.4, -0.2) is 17.8 Å². The molecule has 0 saturated heterocycles. The molecule has 2 heteroatoms. The van der Waals surface area contributed by atoms with Crippen molar-refractivity contribution in [3.8, 4) is 0 Å². The Morgan fingerprint density at radius 3 is 2.74 bits per heavy atom. The highest BCUT2D eigenvalue weighted by Crippen LogP contribution is 2.23. The van der Waals surface area contributed by atoms with E-state index in [0.717, 1.165) is 44.5 Å². The minimum Gasteiger partial charge on any atom is -0.498 e. The molecule has 4 atom stereocenters. The maximum atomic E-state index is 10.3. The minimum absolute atomic E-state index is 0.237. The van der Waals surface area contributed by atoms with Crippen molar-refractivity contribution in [2.75, 3.05) is 6.61 Å². The second-order valence-corrected chi connectivity index (χ2v) is 6.19. The number of hydrogen-bond acceptors (Lipinski definition) is 2. The van der Waals surface area contributed by atoms with E-state index >= 15 is 0 Å². The van der Waals surface area contributed by atoms with Crippen molar-refractivity contribution >= 4 is 0 Å². The average molecular weight is 266 g/mol. The number of aliphatic hydroxyl groups is 1. The first-order valence-electron chi connectivity index (χ1n) is 7.66. The molecule has 1 rings (SSSR count). The molecule has 19 heavy (non-hydrogen) atoms. The lowest BCUT2D eigenvalue weighted by Crippen LogP contribution is -2.26. The van der Waals surface area contributed by atoms with Gasteiger partial charge in [0.15, 0.2) is 0 Å². The predicted octanol–water partition coefficient (Wildman–Crippen LogP) is 4.31. The van der Waals surface area contributed by atoms with Crippen molar-refractivity contribution in [2.45, 2.75) is 59.0 Å². The highest BCUT2D eigenvalue weighted by Gasteiger charge is 2.21. The largest absolute Gasteiger partial charge is 0.498 e. The molecule has 0 saturated carbocycles. The van der Waals surface area contributed by atoms with Gasteiger partial charge in [-0.15, -0.1) is 0 Å². The van der Waals surface area contributed by atoms with Gasteiger partial charge in [0.25, 0.3) is 0 Å². The molecule has 0 aromatic heterocycles. The Bertz CT molecular complexity index is 296. The second kappa shape index (κ2) is 8.42. The summed E-state index contributed by atoms with van der Waals surface area (Å²) in [7, 11) is 0. The molecule has 1 unspecified atom stereocenters. The van der Waals surface area contributed by atoms with E-state index in [1.807, 2.05) is 0 Å². The van der Waals surface area contributed by atoms with Crippen LogP contribution in [0.25, 0.3) is 0 Å². The van der Waals surface area contributed by atoms with E-state index in [4.69, 9.17) is 4.74 Å². The summed E-state index contributed by atoms with van der Waals surface area (Å²) in [5.74, 6) is 1.91. The zero-order valence-electron chi connectivity index (χ0n) is 12.8. The van der Waals surface area contributed by atoms with E-state index in [1.54, 1.807) is 0 Å². The van der Waals surface area contributed by atoms with Crippen LogP contribution in [0.2, 0.25) is 0 Å². The zero-order chi connectivity index (χ0) is 14.3. The fourth-order valence-corrected chi connectivity index (χ4v) is 2.70. The first-order chi connectivity index (χ1) is 9.00. The van der Waals surface area contributed by atoms with E-state index in [0.29, 0.717) is 11.8 Å². The Kier molecular flexibility index (Phi) is 7.22. The van der Waals surface area contributed by atoms with Crippen LogP contribution >= 0.6 is 0 Å². The summed E-state index contributed by atoms with van der Waals surface area (Å²) in [6, 6.07) is 0. The maximum absolute atomic E-state index is 10.3. The van der Waals surface area contributed by atoms with Crippen LogP contribution in [0.1, 0.15) is 52.9 Å². The number of ether oxygens (including phenoxy) is 1. The third-order valence-corrected chi connectivity index (χ3v) is 3.98. The fraction of sp³-hybridized carbons (Fsp3) is 0.765. The highest BCUT2D eigenvalue weighted by molar-refractivity contribution is 4.92. The van der Waals surface area contributed by atoms with Gasteiger partial charge in [0.1, 0.15) is 0 Å². The Hall–Kier alpha value is -0.760. The van der Waals surface area contributed by atoms with Crippen LogP contribution in [0.5, 0.6) is 0 Å². The van der Waals surface area contributed by atoms with Gasteiger partial charge in [-0.3, -0.25) is 0 Å². The molecule has 0 aliphatic carbocycles. The van der Waals surface area contributed by atoms with Crippen LogP contribution in [0.15, 0.2) is 24.5 Å². The summed E-state index contributed by atoms with van der Waals surface area (Å²) in [6.45, 7) is 11.1. The molecule has 2 nitrogen and oxygen atoms in total. The Morgan fingerprint density at radius 1 is 1.26 bits per heavy atom. The molecule has 0 amide bonds. The molecule has 1 heterocycles. The molecule has 1 aliphatic rings. The molecule has 110 valence electrons. The summed E-state index contributed by atoms with van der Waals surface area (Å²) in [5, 5.41) is 10.3. The topological polar surface area (TPSA) is 29.5 Å². The zero-order valence-corrected chi connectivity index (χ0v) is 12.8. The Balaban J connectivity index is 2.61. The third-order valence-electron chi connectivity index (χ3n) is 3.98. The van der Waals surface area contributed by atoms with Crippen LogP contribution in [0.3, 0.4) is 0 Å².